The fraction of sp³-hybridized carbons (Fsp3) is 0.583. The van der Waals surface area contributed by atoms with Crippen LogP contribution in [0.1, 0.15) is 18.1 Å². The maximum absolute atomic E-state index is 11.2. The molecule has 1 aliphatic heterocycles. The summed E-state index contributed by atoms with van der Waals surface area (Å²) in [6.45, 7) is 5.71. The van der Waals surface area contributed by atoms with Gasteiger partial charge >= 0.3 is 0 Å². The van der Waals surface area contributed by atoms with Gasteiger partial charge in [0.2, 0.25) is 5.91 Å². The lowest BCUT2D eigenvalue weighted by Gasteiger charge is -2.34. The number of alkyl halides is 1. The van der Waals surface area contributed by atoms with Crippen LogP contribution in [-0.4, -0.2) is 48.4 Å². The van der Waals surface area contributed by atoms with E-state index in [1.54, 1.807) is 13.2 Å². The van der Waals surface area contributed by atoms with E-state index in [4.69, 9.17) is 16.0 Å². The minimum Gasteiger partial charge on any atom is -0.468 e. The summed E-state index contributed by atoms with van der Waals surface area (Å²) >= 11 is 6.26. The Hall–Kier alpha value is -1.00. The topological polar surface area (TPSA) is 36.7 Å². The van der Waals surface area contributed by atoms with E-state index in [1.807, 2.05) is 17.0 Å². The lowest BCUT2D eigenvalue weighted by Crippen LogP contribution is -2.48. The molecule has 1 atom stereocenters. The highest BCUT2D eigenvalue weighted by Crippen LogP contribution is 2.22. The summed E-state index contributed by atoms with van der Waals surface area (Å²) in [6, 6.07) is 3.74. The predicted molar refractivity (Wildman–Crippen MR) is 66.0 cm³/mol. The smallest absolute Gasteiger partial charge is 0.219 e. The molecule has 17 heavy (non-hydrogen) atoms. The van der Waals surface area contributed by atoms with Gasteiger partial charge in [-0.1, -0.05) is 0 Å². The van der Waals surface area contributed by atoms with E-state index >= 15 is 0 Å². The minimum atomic E-state index is -0.117. The van der Waals surface area contributed by atoms with E-state index in [-0.39, 0.29) is 11.3 Å². The molecule has 0 spiro atoms. The lowest BCUT2D eigenvalue weighted by atomic mass is 10.2. The van der Waals surface area contributed by atoms with Crippen LogP contribution in [-0.2, 0) is 4.79 Å². The molecule has 1 amide bonds. The Kier molecular flexibility index (Phi) is 4.07. The zero-order valence-corrected chi connectivity index (χ0v) is 10.7. The first kappa shape index (κ1) is 12.5. The molecule has 2 heterocycles. The molecule has 0 radical (unpaired) electrons. The Balaban J connectivity index is 1.80. The fourth-order valence-electron chi connectivity index (χ4n) is 2.03. The number of rotatable bonds is 3. The van der Waals surface area contributed by atoms with Crippen LogP contribution >= 0.6 is 11.6 Å². The molecule has 0 aromatic carbocycles. The summed E-state index contributed by atoms with van der Waals surface area (Å²) in [5, 5.41) is -0.117. The molecule has 0 N–H and O–H groups in total. The second-order valence-corrected chi connectivity index (χ2v) is 4.82. The van der Waals surface area contributed by atoms with Crippen molar-refractivity contribution in [1.82, 2.24) is 9.80 Å². The van der Waals surface area contributed by atoms with Gasteiger partial charge in [-0.15, -0.1) is 11.6 Å². The number of amides is 1. The van der Waals surface area contributed by atoms with Crippen LogP contribution in [0.25, 0.3) is 0 Å². The van der Waals surface area contributed by atoms with E-state index < -0.39 is 0 Å². The van der Waals surface area contributed by atoms with Crippen molar-refractivity contribution >= 4 is 17.5 Å². The average molecular weight is 257 g/mol. The van der Waals surface area contributed by atoms with E-state index in [0.29, 0.717) is 0 Å². The van der Waals surface area contributed by atoms with Crippen LogP contribution in [0.15, 0.2) is 22.8 Å². The van der Waals surface area contributed by atoms with Crippen LogP contribution in [0, 0.1) is 0 Å². The standard InChI is InChI=1S/C12H17ClN2O2/c1-10(16)15-6-4-14(5-7-15)9-11(13)12-3-2-8-17-12/h2-3,8,11H,4-7,9H2,1H3. The van der Waals surface area contributed by atoms with E-state index in [2.05, 4.69) is 4.90 Å². The first-order chi connectivity index (χ1) is 8.16. The number of hydrogen-bond donors (Lipinski definition) is 0. The first-order valence-electron chi connectivity index (χ1n) is 5.82. The third-order valence-electron chi connectivity index (χ3n) is 3.09. The van der Waals surface area contributed by atoms with E-state index in [9.17, 15) is 4.79 Å². The SMILES string of the molecule is CC(=O)N1CCN(CC(Cl)c2ccco2)CC1. The molecule has 1 unspecified atom stereocenters. The second-order valence-electron chi connectivity index (χ2n) is 4.29. The van der Waals surface area contributed by atoms with Gasteiger partial charge in [-0.05, 0) is 12.1 Å². The first-order valence-corrected chi connectivity index (χ1v) is 6.26. The van der Waals surface area contributed by atoms with Crippen LogP contribution in [0.5, 0.6) is 0 Å². The number of halogens is 1. The van der Waals surface area contributed by atoms with Crippen molar-refractivity contribution in [3.8, 4) is 0 Å². The number of carbonyl (C=O) groups is 1. The van der Waals surface area contributed by atoms with Crippen LogP contribution < -0.4 is 0 Å². The van der Waals surface area contributed by atoms with Gasteiger partial charge in [0.15, 0.2) is 0 Å². The van der Waals surface area contributed by atoms with Crippen molar-refractivity contribution in [2.24, 2.45) is 0 Å². The highest BCUT2D eigenvalue weighted by molar-refractivity contribution is 6.20. The van der Waals surface area contributed by atoms with Crippen LogP contribution in [0.3, 0.4) is 0 Å². The highest BCUT2D eigenvalue weighted by Gasteiger charge is 2.21. The molecular formula is C12H17ClN2O2. The van der Waals surface area contributed by atoms with E-state index in [1.165, 1.54) is 0 Å². The maximum atomic E-state index is 11.2. The van der Waals surface area contributed by atoms with Gasteiger partial charge in [-0.2, -0.15) is 0 Å². The zero-order chi connectivity index (χ0) is 12.3. The van der Waals surface area contributed by atoms with E-state index in [0.717, 1.165) is 38.5 Å². The largest absolute Gasteiger partial charge is 0.468 e. The van der Waals surface area contributed by atoms with Crippen molar-refractivity contribution in [2.45, 2.75) is 12.3 Å². The molecule has 94 valence electrons. The summed E-state index contributed by atoms with van der Waals surface area (Å²) in [7, 11) is 0. The van der Waals surface area contributed by atoms with Gasteiger partial charge in [-0.3, -0.25) is 9.69 Å². The normalized spacial score (nSPS) is 19.3. The van der Waals surface area contributed by atoms with Gasteiger partial charge in [-0.25, -0.2) is 0 Å². The predicted octanol–water partition coefficient (Wildman–Crippen LogP) is 1.72. The number of carbonyl (C=O) groups excluding carboxylic acids is 1. The lowest BCUT2D eigenvalue weighted by molar-refractivity contribution is -0.130. The molecule has 2 rings (SSSR count). The highest BCUT2D eigenvalue weighted by atomic mass is 35.5. The Morgan fingerprint density at radius 3 is 2.71 bits per heavy atom. The van der Waals surface area contributed by atoms with Crippen molar-refractivity contribution in [1.29, 1.82) is 0 Å². The second kappa shape index (κ2) is 5.56. The number of nitrogens with zero attached hydrogens (tertiary/aromatic N) is 2. The quantitative estimate of drug-likeness (QED) is 0.773. The summed E-state index contributed by atoms with van der Waals surface area (Å²) in [5.74, 6) is 0.957. The molecule has 1 aromatic heterocycles. The van der Waals surface area contributed by atoms with Crippen molar-refractivity contribution in [3.63, 3.8) is 0 Å². The third kappa shape index (κ3) is 3.23. The van der Waals surface area contributed by atoms with Gasteiger partial charge in [0.1, 0.15) is 11.1 Å². The molecule has 1 aromatic rings. The van der Waals surface area contributed by atoms with Gasteiger partial charge < -0.3 is 9.32 Å². The fourth-order valence-corrected chi connectivity index (χ4v) is 2.35. The Labute approximate surface area is 106 Å². The molecule has 0 saturated carbocycles. The molecule has 4 nitrogen and oxygen atoms in total. The van der Waals surface area contributed by atoms with Gasteiger partial charge in [0.25, 0.3) is 0 Å². The number of hydrogen-bond acceptors (Lipinski definition) is 3. The molecule has 1 aliphatic rings. The molecule has 1 fully saturated rings. The Bertz CT molecular complexity index is 359. The van der Waals surface area contributed by atoms with Crippen molar-refractivity contribution < 1.29 is 9.21 Å². The Morgan fingerprint density at radius 2 is 2.18 bits per heavy atom. The summed E-state index contributed by atoms with van der Waals surface area (Å²) in [6.07, 6.45) is 1.64. The maximum Gasteiger partial charge on any atom is 0.219 e. The molecular weight excluding hydrogens is 240 g/mol. The Morgan fingerprint density at radius 1 is 1.47 bits per heavy atom. The van der Waals surface area contributed by atoms with Crippen LogP contribution in [0.4, 0.5) is 0 Å². The summed E-state index contributed by atoms with van der Waals surface area (Å²) in [4.78, 5) is 15.3. The summed E-state index contributed by atoms with van der Waals surface area (Å²) < 4.78 is 5.27. The molecule has 5 heteroatoms. The van der Waals surface area contributed by atoms with Crippen LogP contribution in [0.2, 0.25) is 0 Å². The van der Waals surface area contributed by atoms with Crippen molar-refractivity contribution in [2.75, 3.05) is 32.7 Å². The molecule has 0 aliphatic carbocycles. The zero-order valence-electron chi connectivity index (χ0n) is 9.93. The van der Waals surface area contributed by atoms with Crippen molar-refractivity contribution in [3.05, 3.63) is 24.2 Å². The monoisotopic (exact) mass is 256 g/mol. The molecule has 1 saturated heterocycles. The molecule has 0 bridgehead atoms. The minimum absolute atomic E-state index is 0.117. The number of piperazine rings is 1. The average Bonchev–Trinajstić information content (AvgIpc) is 2.83. The summed E-state index contributed by atoms with van der Waals surface area (Å²) in [5.41, 5.74) is 0. The van der Waals surface area contributed by atoms with Gasteiger partial charge in [0, 0.05) is 39.6 Å². The number of furan rings is 1. The third-order valence-corrected chi connectivity index (χ3v) is 3.44. The van der Waals surface area contributed by atoms with Gasteiger partial charge in [0.05, 0.1) is 6.26 Å².